The molecule has 0 saturated heterocycles. The predicted octanol–water partition coefficient (Wildman–Crippen LogP) is 2.35. The summed E-state index contributed by atoms with van der Waals surface area (Å²) in [7, 11) is 0. The van der Waals surface area contributed by atoms with Crippen LogP contribution in [0.25, 0.3) is 0 Å². The number of aliphatic hydroxyl groups is 1. The second-order valence-electron chi connectivity index (χ2n) is 4.99. The van der Waals surface area contributed by atoms with E-state index in [4.69, 9.17) is 4.74 Å². The maximum Gasteiger partial charge on any atom is 0.0942 e. The van der Waals surface area contributed by atoms with Gasteiger partial charge in [-0.25, -0.2) is 0 Å². The molecule has 3 aliphatic rings. The van der Waals surface area contributed by atoms with Crippen molar-refractivity contribution in [1.29, 1.82) is 0 Å². The maximum atomic E-state index is 9.57. The molecule has 0 amide bonds. The molecule has 3 rings (SSSR count). The molecule has 2 bridgehead atoms. The topological polar surface area (TPSA) is 29.5 Å². The van der Waals surface area contributed by atoms with Gasteiger partial charge in [-0.3, -0.25) is 0 Å². The zero-order valence-electron chi connectivity index (χ0n) is 9.17. The molecule has 1 unspecified atom stereocenters. The average Bonchev–Trinajstić information content (AvgIpc) is 2.28. The second-order valence-corrected chi connectivity index (χ2v) is 4.99. The highest BCUT2D eigenvalue weighted by Crippen LogP contribution is 2.49. The molecule has 0 aromatic heterocycles. The molecule has 0 radical (unpaired) electrons. The van der Waals surface area contributed by atoms with Crippen molar-refractivity contribution in [2.75, 3.05) is 13.2 Å². The van der Waals surface area contributed by atoms with Crippen LogP contribution < -0.4 is 0 Å². The Bertz CT molecular complexity index is 185. The molecule has 82 valence electrons. The smallest absolute Gasteiger partial charge is 0.0942 e. The first-order valence-electron chi connectivity index (χ1n) is 6.05. The number of fused-ring (bicyclic) bond motifs is 3. The Morgan fingerprint density at radius 2 is 2.00 bits per heavy atom. The van der Waals surface area contributed by atoms with E-state index >= 15 is 0 Å². The number of ether oxygens (including phenoxy) is 1. The van der Waals surface area contributed by atoms with E-state index in [0.717, 1.165) is 25.4 Å². The van der Waals surface area contributed by atoms with Gasteiger partial charge in [0.15, 0.2) is 0 Å². The summed E-state index contributed by atoms with van der Waals surface area (Å²) in [6.45, 7) is 3.17. The molecule has 0 aromatic carbocycles. The minimum atomic E-state index is -0.156. The summed E-state index contributed by atoms with van der Waals surface area (Å²) in [5.74, 6) is 1.45. The van der Waals surface area contributed by atoms with Crippen LogP contribution in [0.5, 0.6) is 0 Å². The Morgan fingerprint density at radius 1 is 1.29 bits per heavy atom. The van der Waals surface area contributed by atoms with Gasteiger partial charge in [-0.1, -0.05) is 6.92 Å². The highest BCUT2D eigenvalue weighted by atomic mass is 16.5. The van der Waals surface area contributed by atoms with E-state index in [1.165, 1.54) is 25.7 Å². The van der Waals surface area contributed by atoms with Crippen molar-refractivity contribution in [3.63, 3.8) is 0 Å². The van der Waals surface area contributed by atoms with E-state index in [9.17, 15) is 5.11 Å². The predicted molar refractivity (Wildman–Crippen MR) is 56.1 cm³/mol. The first-order chi connectivity index (χ1) is 6.80. The Labute approximate surface area is 86.6 Å². The molecule has 0 aromatic rings. The SMILES string of the molecule is CCCOC1(CO)CC2CCC1CC2. The minimum Gasteiger partial charge on any atom is -0.393 e. The monoisotopic (exact) mass is 198 g/mol. The maximum absolute atomic E-state index is 9.57. The van der Waals surface area contributed by atoms with E-state index in [-0.39, 0.29) is 12.2 Å². The third-order valence-corrected chi connectivity index (χ3v) is 4.09. The normalized spacial score (nSPS) is 41.6. The third kappa shape index (κ3) is 1.70. The van der Waals surface area contributed by atoms with Gasteiger partial charge in [0.05, 0.1) is 12.2 Å². The van der Waals surface area contributed by atoms with Gasteiger partial charge in [-0.2, -0.15) is 0 Å². The first kappa shape index (κ1) is 10.4. The fraction of sp³-hybridized carbons (Fsp3) is 1.00. The summed E-state index contributed by atoms with van der Waals surface area (Å²) < 4.78 is 5.95. The molecule has 1 atom stereocenters. The van der Waals surface area contributed by atoms with Gasteiger partial charge < -0.3 is 9.84 Å². The summed E-state index contributed by atoms with van der Waals surface area (Å²) in [5.41, 5.74) is -0.156. The fourth-order valence-electron chi connectivity index (χ4n) is 3.27. The minimum absolute atomic E-state index is 0.156. The lowest BCUT2D eigenvalue weighted by Crippen LogP contribution is -2.52. The first-order valence-corrected chi connectivity index (χ1v) is 6.05. The van der Waals surface area contributed by atoms with Crippen molar-refractivity contribution in [1.82, 2.24) is 0 Å². The van der Waals surface area contributed by atoms with E-state index in [1.807, 2.05) is 0 Å². The molecule has 3 saturated carbocycles. The number of hydrogen-bond donors (Lipinski definition) is 1. The Hall–Kier alpha value is -0.0800. The van der Waals surface area contributed by atoms with Crippen molar-refractivity contribution in [2.45, 2.75) is 51.0 Å². The van der Waals surface area contributed by atoms with Crippen molar-refractivity contribution in [2.24, 2.45) is 11.8 Å². The van der Waals surface area contributed by atoms with Crippen molar-refractivity contribution in [3.05, 3.63) is 0 Å². The van der Waals surface area contributed by atoms with Crippen LogP contribution in [0.4, 0.5) is 0 Å². The van der Waals surface area contributed by atoms with Crippen LogP contribution >= 0.6 is 0 Å². The molecule has 0 spiro atoms. The average molecular weight is 198 g/mol. The molecule has 3 aliphatic carbocycles. The lowest BCUT2D eigenvalue weighted by atomic mass is 9.62. The summed E-state index contributed by atoms with van der Waals surface area (Å²) >= 11 is 0. The summed E-state index contributed by atoms with van der Waals surface area (Å²) in [6.07, 6.45) is 7.43. The van der Waals surface area contributed by atoms with Gasteiger partial charge >= 0.3 is 0 Å². The Balaban J connectivity index is 2.03. The standard InChI is InChI=1S/C12H22O2/c1-2-7-14-12(9-13)8-10-3-5-11(12)6-4-10/h10-11,13H,2-9H2,1H3. The van der Waals surface area contributed by atoms with Crippen LogP contribution in [0.3, 0.4) is 0 Å². The molecule has 3 fully saturated rings. The van der Waals surface area contributed by atoms with Gasteiger partial charge in [-0.05, 0) is 50.4 Å². The van der Waals surface area contributed by atoms with Crippen LogP contribution in [-0.2, 0) is 4.74 Å². The van der Waals surface area contributed by atoms with Gasteiger partial charge in [0.1, 0.15) is 0 Å². The summed E-state index contributed by atoms with van der Waals surface area (Å²) in [5, 5.41) is 9.57. The van der Waals surface area contributed by atoms with E-state index in [2.05, 4.69) is 6.92 Å². The molecule has 2 nitrogen and oxygen atoms in total. The summed E-state index contributed by atoms with van der Waals surface area (Å²) in [6, 6.07) is 0. The van der Waals surface area contributed by atoms with Crippen LogP contribution in [0.1, 0.15) is 45.4 Å². The van der Waals surface area contributed by atoms with Crippen molar-refractivity contribution < 1.29 is 9.84 Å². The van der Waals surface area contributed by atoms with Crippen LogP contribution in [0, 0.1) is 11.8 Å². The fourth-order valence-corrected chi connectivity index (χ4v) is 3.27. The molecular weight excluding hydrogens is 176 g/mol. The molecule has 14 heavy (non-hydrogen) atoms. The van der Waals surface area contributed by atoms with E-state index in [1.54, 1.807) is 0 Å². The highest BCUT2D eigenvalue weighted by Gasteiger charge is 2.47. The van der Waals surface area contributed by atoms with Gasteiger partial charge in [0.2, 0.25) is 0 Å². The molecule has 2 heteroatoms. The Morgan fingerprint density at radius 3 is 2.43 bits per heavy atom. The third-order valence-electron chi connectivity index (χ3n) is 4.09. The zero-order chi connectivity index (χ0) is 10.0. The van der Waals surface area contributed by atoms with Crippen LogP contribution in [0.2, 0.25) is 0 Å². The molecule has 0 aliphatic heterocycles. The van der Waals surface area contributed by atoms with Crippen molar-refractivity contribution >= 4 is 0 Å². The van der Waals surface area contributed by atoms with E-state index < -0.39 is 0 Å². The van der Waals surface area contributed by atoms with Gasteiger partial charge in [-0.15, -0.1) is 0 Å². The lowest BCUT2D eigenvalue weighted by molar-refractivity contribution is -0.166. The van der Waals surface area contributed by atoms with Gasteiger partial charge in [0, 0.05) is 6.61 Å². The number of hydrogen-bond acceptors (Lipinski definition) is 2. The zero-order valence-corrected chi connectivity index (χ0v) is 9.17. The van der Waals surface area contributed by atoms with E-state index in [0.29, 0.717) is 5.92 Å². The molecular formula is C12H22O2. The largest absolute Gasteiger partial charge is 0.393 e. The quantitative estimate of drug-likeness (QED) is 0.751. The number of aliphatic hydroxyl groups excluding tert-OH is 1. The van der Waals surface area contributed by atoms with Crippen LogP contribution in [-0.4, -0.2) is 23.9 Å². The summed E-state index contributed by atoms with van der Waals surface area (Å²) in [4.78, 5) is 0. The second kappa shape index (κ2) is 4.19. The lowest BCUT2D eigenvalue weighted by Gasteiger charge is -2.50. The van der Waals surface area contributed by atoms with Gasteiger partial charge in [0.25, 0.3) is 0 Å². The van der Waals surface area contributed by atoms with Crippen molar-refractivity contribution in [3.8, 4) is 0 Å². The molecule has 1 N–H and O–H groups in total. The molecule has 0 heterocycles. The number of rotatable bonds is 4. The Kier molecular flexibility index (Phi) is 3.13. The highest BCUT2D eigenvalue weighted by molar-refractivity contribution is 4.98. The van der Waals surface area contributed by atoms with Crippen LogP contribution in [0.15, 0.2) is 0 Å².